The Kier molecular flexibility index (Phi) is 3.43. The molecule has 0 saturated carbocycles. The van der Waals surface area contributed by atoms with Crippen LogP contribution in [0.1, 0.15) is 11.3 Å². The molecular weight excluding hydrogens is 230 g/mol. The highest BCUT2D eigenvalue weighted by Gasteiger charge is 2.15. The summed E-state index contributed by atoms with van der Waals surface area (Å²) in [6.07, 6.45) is 3.86. The molecule has 0 radical (unpaired) electrons. The van der Waals surface area contributed by atoms with Gasteiger partial charge in [0.15, 0.2) is 0 Å². The molecule has 5 nitrogen and oxygen atoms in total. The molecule has 5 heteroatoms. The first kappa shape index (κ1) is 12.3. The minimum absolute atomic E-state index is 0.276. The summed E-state index contributed by atoms with van der Waals surface area (Å²) in [7, 11) is 0. The van der Waals surface area contributed by atoms with Gasteiger partial charge in [0, 0.05) is 24.5 Å². The molecule has 0 aliphatic rings. The van der Waals surface area contributed by atoms with Crippen molar-refractivity contribution >= 4 is 5.97 Å². The van der Waals surface area contributed by atoms with Crippen molar-refractivity contribution in [3.05, 3.63) is 47.9 Å². The zero-order chi connectivity index (χ0) is 13.1. The van der Waals surface area contributed by atoms with Gasteiger partial charge < -0.3 is 15.4 Å². The minimum atomic E-state index is -1.00. The Morgan fingerprint density at radius 2 is 2.33 bits per heavy atom. The van der Waals surface area contributed by atoms with Gasteiger partial charge in [-0.15, -0.1) is 0 Å². The molecule has 1 unspecified atom stereocenters. The number of hydrogen-bond donors (Lipinski definition) is 2. The first-order chi connectivity index (χ1) is 8.58. The van der Waals surface area contributed by atoms with Crippen molar-refractivity contribution in [1.82, 2.24) is 9.55 Å². The molecule has 2 rings (SSSR count). The van der Waals surface area contributed by atoms with Gasteiger partial charge in [-0.1, -0.05) is 0 Å². The molecular formula is C13H15N3O2. The minimum Gasteiger partial charge on any atom is -0.480 e. The molecule has 0 amide bonds. The number of carboxylic acids is 1. The lowest BCUT2D eigenvalue weighted by atomic mass is 10.1. The zero-order valence-electron chi connectivity index (χ0n) is 10.1. The van der Waals surface area contributed by atoms with Crippen LogP contribution in [0.25, 0.3) is 5.82 Å². The van der Waals surface area contributed by atoms with Gasteiger partial charge >= 0.3 is 5.97 Å². The number of pyridine rings is 1. The second kappa shape index (κ2) is 5.01. The van der Waals surface area contributed by atoms with Crippen LogP contribution in [0, 0.1) is 6.92 Å². The molecule has 0 saturated heterocycles. The number of rotatable bonds is 4. The molecule has 0 spiro atoms. The van der Waals surface area contributed by atoms with Crippen LogP contribution >= 0.6 is 0 Å². The predicted molar refractivity (Wildman–Crippen MR) is 67.6 cm³/mol. The van der Waals surface area contributed by atoms with Crippen LogP contribution in [-0.2, 0) is 11.2 Å². The number of nitrogens with two attached hydrogens (primary N) is 1. The summed E-state index contributed by atoms with van der Waals surface area (Å²) in [4.78, 5) is 15.0. The van der Waals surface area contributed by atoms with Gasteiger partial charge in [0.1, 0.15) is 11.9 Å². The number of hydrogen-bond acceptors (Lipinski definition) is 3. The Labute approximate surface area is 105 Å². The summed E-state index contributed by atoms with van der Waals surface area (Å²) in [6.45, 7) is 1.98. The summed E-state index contributed by atoms with van der Waals surface area (Å²) in [5.41, 5.74) is 7.49. The summed E-state index contributed by atoms with van der Waals surface area (Å²) in [5.74, 6) is -0.229. The normalized spacial score (nSPS) is 12.3. The highest BCUT2D eigenvalue weighted by Crippen LogP contribution is 2.13. The molecule has 0 aliphatic heterocycles. The van der Waals surface area contributed by atoms with Crippen molar-refractivity contribution in [2.45, 2.75) is 19.4 Å². The van der Waals surface area contributed by atoms with Crippen molar-refractivity contribution < 1.29 is 9.90 Å². The molecule has 3 N–H and O–H groups in total. The highest BCUT2D eigenvalue weighted by atomic mass is 16.4. The zero-order valence-corrected chi connectivity index (χ0v) is 10.1. The lowest BCUT2D eigenvalue weighted by molar-refractivity contribution is -0.138. The first-order valence-electron chi connectivity index (χ1n) is 5.65. The van der Waals surface area contributed by atoms with Crippen LogP contribution in [0.4, 0.5) is 0 Å². The van der Waals surface area contributed by atoms with E-state index in [4.69, 9.17) is 10.8 Å². The monoisotopic (exact) mass is 245 g/mol. The number of nitrogens with zero attached hydrogens (tertiary/aromatic N) is 2. The van der Waals surface area contributed by atoms with E-state index in [9.17, 15) is 4.79 Å². The Balaban J connectivity index is 2.30. The third-order valence-corrected chi connectivity index (χ3v) is 2.73. The van der Waals surface area contributed by atoms with E-state index in [-0.39, 0.29) is 6.42 Å². The van der Waals surface area contributed by atoms with Gasteiger partial charge in [-0.05, 0) is 36.8 Å². The van der Waals surface area contributed by atoms with Crippen LogP contribution in [-0.4, -0.2) is 26.7 Å². The van der Waals surface area contributed by atoms with E-state index < -0.39 is 12.0 Å². The second-order valence-corrected chi connectivity index (χ2v) is 4.21. The fourth-order valence-electron chi connectivity index (χ4n) is 1.77. The summed E-state index contributed by atoms with van der Waals surface area (Å²) >= 11 is 0. The van der Waals surface area contributed by atoms with E-state index in [0.29, 0.717) is 0 Å². The summed E-state index contributed by atoms with van der Waals surface area (Å²) < 4.78 is 1.86. The largest absolute Gasteiger partial charge is 0.480 e. The van der Waals surface area contributed by atoms with Crippen molar-refractivity contribution in [2.75, 3.05) is 0 Å². The lowest BCUT2D eigenvalue weighted by Gasteiger charge is -2.11. The van der Waals surface area contributed by atoms with Crippen molar-refractivity contribution in [1.29, 1.82) is 0 Å². The van der Waals surface area contributed by atoms with Gasteiger partial charge in [0.05, 0.1) is 0 Å². The van der Waals surface area contributed by atoms with Crippen LogP contribution < -0.4 is 5.73 Å². The number of aliphatic carboxylic acids is 1. The van der Waals surface area contributed by atoms with Crippen molar-refractivity contribution in [3.63, 3.8) is 0 Å². The standard InChI is InChI=1S/C13H15N3O2/c1-9-4-5-15-12(7-9)16-6-2-3-10(16)8-11(14)13(17)18/h2-7,11H,8,14H2,1H3,(H,17,18). The average Bonchev–Trinajstić information content (AvgIpc) is 2.77. The van der Waals surface area contributed by atoms with Crippen LogP contribution in [0.2, 0.25) is 0 Å². The first-order valence-corrected chi connectivity index (χ1v) is 5.65. The van der Waals surface area contributed by atoms with E-state index in [2.05, 4.69) is 4.98 Å². The number of aromatic nitrogens is 2. The second-order valence-electron chi connectivity index (χ2n) is 4.21. The Morgan fingerprint density at radius 1 is 1.56 bits per heavy atom. The van der Waals surface area contributed by atoms with Crippen LogP contribution in [0.3, 0.4) is 0 Å². The number of carbonyl (C=O) groups is 1. The Morgan fingerprint density at radius 3 is 3.00 bits per heavy atom. The summed E-state index contributed by atoms with van der Waals surface area (Å²) in [5, 5.41) is 8.84. The van der Waals surface area contributed by atoms with Crippen molar-refractivity contribution in [3.8, 4) is 5.82 Å². The third-order valence-electron chi connectivity index (χ3n) is 2.73. The molecule has 0 bridgehead atoms. The topological polar surface area (TPSA) is 81.1 Å². The third kappa shape index (κ3) is 2.57. The van der Waals surface area contributed by atoms with Gasteiger partial charge in [-0.2, -0.15) is 0 Å². The van der Waals surface area contributed by atoms with Crippen molar-refractivity contribution in [2.24, 2.45) is 5.73 Å². The van der Waals surface area contributed by atoms with Gasteiger partial charge in [0.25, 0.3) is 0 Å². The fourth-order valence-corrected chi connectivity index (χ4v) is 1.77. The van der Waals surface area contributed by atoms with Gasteiger partial charge in [-0.3, -0.25) is 4.79 Å². The van der Waals surface area contributed by atoms with E-state index in [1.165, 1.54) is 0 Å². The fraction of sp³-hybridized carbons (Fsp3) is 0.231. The van der Waals surface area contributed by atoms with Crippen LogP contribution in [0.15, 0.2) is 36.7 Å². The molecule has 2 heterocycles. The maximum Gasteiger partial charge on any atom is 0.320 e. The average molecular weight is 245 g/mol. The molecule has 0 fully saturated rings. The van der Waals surface area contributed by atoms with Crippen LogP contribution in [0.5, 0.6) is 0 Å². The van der Waals surface area contributed by atoms with E-state index in [0.717, 1.165) is 17.1 Å². The molecule has 0 aliphatic carbocycles. The smallest absolute Gasteiger partial charge is 0.320 e. The number of carboxylic acid groups (broad SMARTS) is 1. The Bertz CT molecular complexity index is 563. The summed E-state index contributed by atoms with van der Waals surface area (Å²) in [6, 6.07) is 6.66. The molecule has 94 valence electrons. The Hall–Kier alpha value is -2.14. The van der Waals surface area contributed by atoms with E-state index in [1.54, 1.807) is 6.20 Å². The van der Waals surface area contributed by atoms with E-state index in [1.807, 2.05) is 42.0 Å². The SMILES string of the molecule is Cc1ccnc(-n2cccc2CC(N)C(=O)O)c1. The number of aryl methyl sites for hydroxylation is 1. The highest BCUT2D eigenvalue weighted by molar-refractivity contribution is 5.73. The quantitative estimate of drug-likeness (QED) is 0.846. The molecule has 2 aromatic heterocycles. The maximum absolute atomic E-state index is 10.8. The molecule has 18 heavy (non-hydrogen) atoms. The molecule has 0 aromatic carbocycles. The molecule has 1 atom stereocenters. The molecule has 2 aromatic rings. The predicted octanol–water partition coefficient (Wildman–Crippen LogP) is 1.14. The lowest BCUT2D eigenvalue weighted by Crippen LogP contribution is -2.32. The van der Waals surface area contributed by atoms with Gasteiger partial charge in [-0.25, -0.2) is 4.98 Å². The van der Waals surface area contributed by atoms with E-state index >= 15 is 0 Å². The van der Waals surface area contributed by atoms with Gasteiger partial charge in [0.2, 0.25) is 0 Å². The maximum atomic E-state index is 10.8.